The van der Waals surface area contributed by atoms with E-state index in [0.29, 0.717) is 25.9 Å². The Hall–Kier alpha value is -2.33. The number of pyridine rings is 1. The van der Waals surface area contributed by atoms with Crippen molar-refractivity contribution in [2.45, 2.75) is 23.8 Å². The van der Waals surface area contributed by atoms with Gasteiger partial charge in [0.1, 0.15) is 17.6 Å². The molecule has 0 bridgehead atoms. The van der Waals surface area contributed by atoms with Crippen molar-refractivity contribution in [3.63, 3.8) is 0 Å². The molecule has 1 saturated heterocycles. The zero-order valence-corrected chi connectivity index (χ0v) is 12.9. The van der Waals surface area contributed by atoms with E-state index in [0.717, 1.165) is 0 Å². The maximum atomic E-state index is 12.7. The molecule has 1 aliphatic heterocycles. The summed E-state index contributed by atoms with van der Waals surface area (Å²) in [7, 11) is -3.89. The van der Waals surface area contributed by atoms with Crippen LogP contribution in [0.1, 0.15) is 29.4 Å². The molecule has 1 fully saturated rings. The number of carboxylic acid groups (broad SMARTS) is 1. The van der Waals surface area contributed by atoms with E-state index >= 15 is 0 Å². The first-order chi connectivity index (χ1) is 11.0. The summed E-state index contributed by atoms with van der Waals surface area (Å²) < 4.78 is 28.4. The van der Waals surface area contributed by atoms with E-state index < -0.39 is 21.7 Å². The number of sulfonamides is 1. The van der Waals surface area contributed by atoms with Crippen molar-refractivity contribution in [2.24, 2.45) is 0 Å². The topological polar surface area (TPSA) is 118 Å². The van der Waals surface area contributed by atoms with Gasteiger partial charge >= 0.3 is 5.97 Å². The van der Waals surface area contributed by atoms with Crippen LogP contribution in [-0.4, -0.2) is 56.6 Å². The zero-order valence-electron chi connectivity index (χ0n) is 12.1. The van der Waals surface area contributed by atoms with Gasteiger partial charge in [-0.1, -0.05) is 0 Å². The standard InChI is InChI=1S/C13H15N5O4S/c19-13(20)12-11(2-1-5-15-12)23(21,22)17-6-3-10(4-7-17)18-9-14-8-16-18/h1-2,5,8-10H,3-4,6-7H2,(H,19,20). The summed E-state index contributed by atoms with van der Waals surface area (Å²) in [5, 5.41) is 13.2. The van der Waals surface area contributed by atoms with Crippen LogP contribution in [0, 0.1) is 0 Å². The van der Waals surface area contributed by atoms with E-state index in [-0.39, 0.29) is 10.9 Å². The fourth-order valence-corrected chi connectivity index (χ4v) is 4.26. The van der Waals surface area contributed by atoms with Gasteiger partial charge in [0.15, 0.2) is 5.69 Å². The Kier molecular flexibility index (Phi) is 4.09. The van der Waals surface area contributed by atoms with Gasteiger partial charge in [-0.05, 0) is 25.0 Å². The Bertz CT molecular complexity index is 798. The smallest absolute Gasteiger partial charge is 0.355 e. The molecule has 3 heterocycles. The van der Waals surface area contributed by atoms with Gasteiger partial charge in [0.25, 0.3) is 0 Å². The van der Waals surface area contributed by atoms with E-state index in [9.17, 15) is 13.2 Å². The predicted octanol–water partition coefficient (Wildman–Crippen LogP) is 0.397. The molecule has 0 spiro atoms. The highest BCUT2D eigenvalue weighted by Gasteiger charge is 2.33. The second kappa shape index (κ2) is 6.05. The lowest BCUT2D eigenvalue weighted by atomic mass is 10.1. The molecule has 2 aromatic heterocycles. The summed E-state index contributed by atoms with van der Waals surface area (Å²) in [6.07, 6.45) is 5.49. The molecule has 0 aromatic carbocycles. The van der Waals surface area contributed by atoms with Crippen LogP contribution in [-0.2, 0) is 10.0 Å². The fourth-order valence-electron chi connectivity index (χ4n) is 2.65. The first-order valence-corrected chi connectivity index (χ1v) is 8.46. The van der Waals surface area contributed by atoms with Gasteiger partial charge in [0.05, 0.1) is 6.04 Å². The molecule has 3 rings (SSSR count). The summed E-state index contributed by atoms with van der Waals surface area (Å²) in [4.78, 5) is 18.5. The first-order valence-electron chi connectivity index (χ1n) is 7.02. The third kappa shape index (κ3) is 2.94. The molecule has 2 aromatic rings. The molecule has 122 valence electrons. The number of hydrogen-bond acceptors (Lipinski definition) is 6. The van der Waals surface area contributed by atoms with Crippen molar-refractivity contribution in [3.8, 4) is 0 Å². The van der Waals surface area contributed by atoms with Crippen LogP contribution < -0.4 is 0 Å². The van der Waals surface area contributed by atoms with E-state index in [1.807, 2.05) is 0 Å². The van der Waals surface area contributed by atoms with Crippen molar-refractivity contribution in [1.29, 1.82) is 0 Å². The fraction of sp³-hybridized carbons (Fsp3) is 0.385. The van der Waals surface area contributed by atoms with Crippen LogP contribution in [0.2, 0.25) is 0 Å². The molecule has 0 radical (unpaired) electrons. The summed E-state index contributed by atoms with van der Waals surface area (Å²) >= 11 is 0. The number of rotatable bonds is 4. The van der Waals surface area contributed by atoms with Crippen molar-refractivity contribution in [1.82, 2.24) is 24.1 Å². The zero-order chi connectivity index (χ0) is 16.4. The summed E-state index contributed by atoms with van der Waals surface area (Å²) in [6.45, 7) is 0.585. The highest BCUT2D eigenvalue weighted by molar-refractivity contribution is 7.89. The molecule has 1 N–H and O–H groups in total. The van der Waals surface area contributed by atoms with E-state index in [1.165, 1.54) is 29.0 Å². The molecule has 10 heteroatoms. The maximum absolute atomic E-state index is 12.7. The van der Waals surface area contributed by atoms with Gasteiger partial charge in [0.2, 0.25) is 10.0 Å². The minimum atomic E-state index is -3.89. The molecule has 1 aliphatic rings. The number of carbonyl (C=O) groups is 1. The monoisotopic (exact) mass is 337 g/mol. The van der Waals surface area contributed by atoms with Crippen LogP contribution in [0.5, 0.6) is 0 Å². The second-order valence-electron chi connectivity index (χ2n) is 5.17. The highest BCUT2D eigenvalue weighted by atomic mass is 32.2. The number of carboxylic acids is 1. The first kappa shape index (κ1) is 15.6. The SMILES string of the molecule is O=C(O)c1ncccc1S(=O)(=O)N1CCC(n2cncn2)CC1. The van der Waals surface area contributed by atoms with Gasteiger partial charge in [0, 0.05) is 19.3 Å². The average molecular weight is 337 g/mol. The van der Waals surface area contributed by atoms with Crippen molar-refractivity contribution in [2.75, 3.05) is 13.1 Å². The number of aromatic carboxylic acids is 1. The van der Waals surface area contributed by atoms with Crippen LogP contribution in [0.3, 0.4) is 0 Å². The van der Waals surface area contributed by atoms with Crippen molar-refractivity contribution >= 4 is 16.0 Å². The van der Waals surface area contributed by atoms with Crippen LogP contribution >= 0.6 is 0 Å². The largest absolute Gasteiger partial charge is 0.476 e. The summed E-state index contributed by atoms with van der Waals surface area (Å²) in [5.74, 6) is -1.36. The number of aromatic nitrogens is 4. The average Bonchev–Trinajstić information content (AvgIpc) is 3.09. The van der Waals surface area contributed by atoms with Crippen molar-refractivity contribution < 1.29 is 18.3 Å². The third-order valence-electron chi connectivity index (χ3n) is 3.83. The molecule has 0 aliphatic carbocycles. The lowest BCUT2D eigenvalue weighted by Gasteiger charge is -2.31. The van der Waals surface area contributed by atoms with Crippen LogP contribution in [0.25, 0.3) is 0 Å². The predicted molar refractivity (Wildman–Crippen MR) is 78.2 cm³/mol. The Morgan fingerprint density at radius 2 is 2.04 bits per heavy atom. The highest BCUT2D eigenvalue weighted by Crippen LogP contribution is 2.27. The lowest BCUT2D eigenvalue weighted by Crippen LogP contribution is -2.39. The molecular weight excluding hydrogens is 322 g/mol. The quantitative estimate of drug-likeness (QED) is 0.857. The van der Waals surface area contributed by atoms with E-state index in [4.69, 9.17) is 5.11 Å². The van der Waals surface area contributed by atoms with Gasteiger partial charge in [-0.15, -0.1) is 0 Å². The van der Waals surface area contributed by atoms with Gasteiger partial charge in [-0.3, -0.25) is 0 Å². The number of piperidine rings is 1. The van der Waals surface area contributed by atoms with Crippen LogP contribution in [0.15, 0.2) is 35.9 Å². The van der Waals surface area contributed by atoms with Crippen molar-refractivity contribution in [3.05, 3.63) is 36.7 Å². The molecule has 0 unspecified atom stereocenters. The minimum Gasteiger partial charge on any atom is -0.476 e. The molecule has 23 heavy (non-hydrogen) atoms. The molecule has 0 atom stereocenters. The van der Waals surface area contributed by atoms with Gasteiger partial charge in [-0.2, -0.15) is 9.40 Å². The molecule has 9 nitrogen and oxygen atoms in total. The van der Waals surface area contributed by atoms with Crippen LogP contribution in [0.4, 0.5) is 0 Å². The van der Waals surface area contributed by atoms with E-state index in [1.54, 1.807) is 11.0 Å². The van der Waals surface area contributed by atoms with Gasteiger partial charge in [-0.25, -0.2) is 27.9 Å². The Balaban J connectivity index is 1.81. The second-order valence-corrected chi connectivity index (χ2v) is 7.07. The maximum Gasteiger partial charge on any atom is 0.355 e. The van der Waals surface area contributed by atoms with E-state index in [2.05, 4.69) is 15.1 Å². The third-order valence-corrected chi connectivity index (χ3v) is 5.76. The molecule has 0 saturated carbocycles. The molecular formula is C13H15N5O4S. The summed E-state index contributed by atoms with van der Waals surface area (Å²) in [5.41, 5.74) is -0.453. The Morgan fingerprint density at radius 3 is 2.65 bits per heavy atom. The normalized spacial score (nSPS) is 17.2. The van der Waals surface area contributed by atoms with Gasteiger partial charge < -0.3 is 5.11 Å². The minimum absolute atomic E-state index is 0.0943. The molecule has 0 amide bonds. The number of hydrogen-bond donors (Lipinski definition) is 1. The number of nitrogens with zero attached hydrogens (tertiary/aromatic N) is 5. The Morgan fingerprint density at radius 1 is 1.30 bits per heavy atom. The lowest BCUT2D eigenvalue weighted by molar-refractivity contribution is 0.0685. The summed E-state index contributed by atoms with van der Waals surface area (Å²) in [6, 6.07) is 2.79. The Labute approximate surface area is 132 Å².